The number of aryl methyl sites for hydroxylation is 1. The summed E-state index contributed by atoms with van der Waals surface area (Å²) in [6.07, 6.45) is 1.76. The molecule has 20 heavy (non-hydrogen) atoms. The van der Waals surface area contributed by atoms with E-state index in [1.807, 2.05) is 19.1 Å². The number of aromatic nitrogens is 2. The molecule has 0 saturated heterocycles. The predicted molar refractivity (Wildman–Crippen MR) is 85.2 cm³/mol. The molecule has 0 saturated carbocycles. The van der Waals surface area contributed by atoms with Gasteiger partial charge in [-0.1, -0.05) is 35.3 Å². The van der Waals surface area contributed by atoms with E-state index in [0.717, 1.165) is 5.82 Å². The Morgan fingerprint density at radius 2 is 2.00 bits per heavy atom. The summed E-state index contributed by atoms with van der Waals surface area (Å²) in [4.78, 5) is 8.60. The van der Waals surface area contributed by atoms with Crippen molar-refractivity contribution in [3.63, 3.8) is 0 Å². The average molecular weight is 309 g/mol. The molecule has 6 heteroatoms. The summed E-state index contributed by atoms with van der Waals surface area (Å²) in [5.74, 6) is 2.02. The van der Waals surface area contributed by atoms with Gasteiger partial charge in [0.2, 0.25) is 0 Å². The van der Waals surface area contributed by atoms with Gasteiger partial charge >= 0.3 is 0 Å². The zero-order chi connectivity index (χ0) is 14.5. The normalized spacial score (nSPS) is 10.2. The fraction of sp³-hybridized carbons (Fsp3) is 0.143. The number of hydrogen-bond acceptors (Lipinski definition) is 4. The van der Waals surface area contributed by atoms with Crippen LogP contribution in [0.5, 0.6) is 0 Å². The van der Waals surface area contributed by atoms with E-state index in [9.17, 15) is 0 Å². The predicted octanol–water partition coefficient (Wildman–Crippen LogP) is 4.43. The minimum atomic E-state index is 0.464. The summed E-state index contributed by atoms with van der Waals surface area (Å²) < 4.78 is 0. The zero-order valence-electron chi connectivity index (χ0n) is 11.0. The van der Waals surface area contributed by atoms with Crippen molar-refractivity contribution >= 4 is 40.5 Å². The highest BCUT2D eigenvalue weighted by Crippen LogP contribution is 2.31. The molecule has 0 unspecified atom stereocenters. The molecule has 0 fully saturated rings. The number of anilines is 3. The number of hydrogen-bond donors (Lipinski definition) is 2. The molecule has 1 aromatic carbocycles. The number of benzene rings is 1. The maximum atomic E-state index is 6.14. The fourth-order valence-electron chi connectivity index (χ4n) is 1.64. The van der Waals surface area contributed by atoms with E-state index in [1.165, 1.54) is 0 Å². The first kappa shape index (κ1) is 14.6. The maximum absolute atomic E-state index is 6.14. The molecule has 1 heterocycles. The molecule has 0 amide bonds. The van der Waals surface area contributed by atoms with E-state index < -0.39 is 0 Å². The molecule has 2 aromatic rings. The quantitative estimate of drug-likeness (QED) is 0.802. The van der Waals surface area contributed by atoms with Crippen LogP contribution in [0.2, 0.25) is 10.0 Å². The first-order valence-corrected chi connectivity index (χ1v) is 6.77. The topological polar surface area (TPSA) is 49.8 Å². The van der Waals surface area contributed by atoms with Crippen molar-refractivity contribution in [2.24, 2.45) is 0 Å². The molecular weight excluding hydrogens is 295 g/mol. The Morgan fingerprint density at radius 1 is 1.25 bits per heavy atom. The van der Waals surface area contributed by atoms with Crippen LogP contribution in [-0.2, 0) is 0 Å². The second kappa shape index (κ2) is 6.59. The SMILES string of the molecule is C=CCNc1cc(Nc2cccc(Cl)c2Cl)nc(C)n1. The molecule has 0 radical (unpaired) electrons. The van der Waals surface area contributed by atoms with E-state index in [-0.39, 0.29) is 0 Å². The molecule has 104 valence electrons. The van der Waals surface area contributed by atoms with Gasteiger partial charge in [0.1, 0.15) is 17.5 Å². The lowest BCUT2D eigenvalue weighted by Crippen LogP contribution is -2.04. The Kier molecular flexibility index (Phi) is 4.82. The summed E-state index contributed by atoms with van der Waals surface area (Å²) in [5.41, 5.74) is 0.701. The Labute approximate surface area is 127 Å². The molecule has 0 aliphatic rings. The van der Waals surface area contributed by atoms with E-state index in [0.29, 0.717) is 33.9 Å². The van der Waals surface area contributed by atoms with Gasteiger partial charge in [0, 0.05) is 12.6 Å². The van der Waals surface area contributed by atoms with Crippen molar-refractivity contribution in [1.29, 1.82) is 0 Å². The van der Waals surface area contributed by atoms with E-state index in [1.54, 1.807) is 18.2 Å². The van der Waals surface area contributed by atoms with Crippen LogP contribution < -0.4 is 10.6 Å². The highest BCUT2D eigenvalue weighted by molar-refractivity contribution is 6.43. The minimum Gasteiger partial charge on any atom is -0.366 e. The van der Waals surface area contributed by atoms with Gasteiger partial charge in [-0.2, -0.15) is 0 Å². The molecule has 2 rings (SSSR count). The Balaban J connectivity index is 2.26. The van der Waals surface area contributed by atoms with E-state index in [4.69, 9.17) is 23.2 Å². The summed E-state index contributed by atoms with van der Waals surface area (Å²) in [7, 11) is 0. The smallest absolute Gasteiger partial charge is 0.136 e. The molecule has 0 aliphatic carbocycles. The van der Waals surface area contributed by atoms with Crippen molar-refractivity contribution in [2.75, 3.05) is 17.2 Å². The highest BCUT2D eigenvalue weighted by Gasteiger charge is 2.07. The van der Waals surface area contributed by atoms with Crippen LogP contribution in [0, 0.1) is 6.92 Å². The van der Waals surface area contributed by atoms with E-state index in [2.05, 4.69) is 27.2 Å². The molecule has 0 atom stereocenters. The number of halogens is 2. The number of rotatable bonds is 5. The third-order valence-corrected chi connectivity index (χ3v) is 3.30. The zero-order valence-corrected chi connectivity index (χ0v) is 12.5. The van der Waals surface area contributed by atoms with Crippen molar-refractivity contribution < 1.29 is 0 Å². The van der Waals surface area contributed by atoms with Gasteiger partial charge in [-0.3, -0.25) is 0 Å². The van der Waals surface area contributed by atoms with E-state index >= 15 is 0 Å². The van der Waals surface area contributed by atoms with Gasteiger partial charge in [-0.25, -0.2) is 9.97 Å². The standard InChI is InChI=1S/C14H14Cl2N4/c1-3-7-17-12-8-13(19-9(2)18-12)20-11-6-4-5-10(15)14(11)16/h3-6,8H,1,7H2,2H3,(H2,17,18,19,20). The van der Waals surface area contributed by atoms with Crippen LogP contribution in [-0.4, -0.2) is 16.5 Å². The Hall–Kier alpha value is -1.78. The van der Waals surface area contributed by atoms with Crippen molar-refractivity contribution in [3.8, 4) is 0 Å². The summed E-state index contributed by atoms with van der Waals surface area (Å²) >= 11 is 12.1. The van der Waals surface area contributed by atoms with Gasteiger partial charge in [-0.15, -0.1) is 6.58 Å². The first-order chi connectivity index (χ1) is 9.60. The Bertz CT molecular complexity index is 629. The molecule has 0 bridgehead atoms. The molecule has 1 aromatic heterocycles. The first-order valence-electron chi connectivity index (χ1n) is 6.01. The molecular formula is C14H14Cl2N4. The van der Waals surface area contributed by atoms with Gasteiger partial charge < -0.3 is 10.6 Å². The third kappa shape index (κ3) is 3.62. The molecule has 0 aliphatic heterocycles. The van der Waals surface area contributed by atoms with Gasteiger partial charge in [0.25, 0.3) is 0 Å². The number of nitrogens with one attached hydrogen (secondary N) is 2. The van der Waals surface area contributed by atoms with Crippen LogP contribution in [0.15, 0.2) is 36.9 Å². The van der Waals surface area contributed by atoms with Crippen molar-refractivity contribution in [2.45, 2.75) is 6.92 Å². The second-order valence-corrected chi connectivity index (χ2v) is 4.87. The van der Waals surface area contributed by atoms with Crippen LogP contribution in [0.1, 0.15) is 5.82 Å². The lowest BCUT2D eigenvalue weighted by Gasteiger charge is -2.11. The minimum absolute atomic E-state index is 0.464. The van der Waals surface area contributed by atoms with Crippen LogP contribution >= 0.6 is 23.2 Å². The lowest BCUT2D eigenvalue weighted by molar-refractivity contribution is 1.05. The monoisotopic (exact) mass is 308 g/mol. The van der Waals surface area contributed by atoms with Gasteiger partial charge in [0.15, 0.2) is 0 Å². The van der Waals surface area contributed by atoms with Gasteiger partial charge in [0.05, 0.1) is 15.7 Å². The third-order valence-electron chi connectivity index (χ3n) is 2.48. The summed E-state index contributed by atoms with van der Waals surface area (Å²) in [6.45, 7) is 6.11. The second-order valence-electron chi connectivity index (χ2n) is 4.08. The van der Waals surface area contributed by atoms with Crippen LogP contribution in [0.4, 0.5) is 17.3 Å². The van der Waals surface area contributed by atoms with Crippen LogP contribution in [0.25, 0.3) is 0 Å². The largest absolute Gasteiger partial charge is 0.366 e. The average Bonchev–Trinajstić information content (AvgIpc) is 2.41. The van der Waals surface area contributed by atoms with Crippen molar-refractivity contribution in [1.82, 2.24) is 9.97 Å². The Morgan fingerprint density at radius 3 is 2.75 bits per heavy atom. The molecule has 0 spiro atoms. The van der Waals surface area contributed by atoms with Crippen LogP contribution in [0.3, 0.4) is 0 Å². The number of nitrogens with zero attached hydrogens (tertiary/aromatic N) is 2. The maximum Gasteiger partial charge on any atom is 0.136 e. The van der Waals surface area contributed by atoms with Gasteiger partial charge in [-0.05, 0) is 19.1 Å². The fourth-order valence-corrected chi connectivity index (χ4v) is 1.99. The molecule has 4 nitrogen and oxygen atoms in total. The highest BCUT2D eigenvalue weighted by atomic mass is 35.5. The lowest BCUT2D eigenvalue weighted by atomic mass is 10.3. The molecule has 2 N–H and O–H groups in total. The van der Waals surface area contributed by atoms with Crippen molar-refractivity contribution in [3.05, 3.63) is 52.8 Å². The summed E-state index contributed by atoms with van der Waals surface area (Å²) in [5, 5.41) is 7.21. The summed E-state index contributed by atoms with van der Waals surface area (Å²) in [6, 6.07) is 7.19.